The van der Waals surface area contributed by atoms with Gasteiger partial charge in [-0.1, -0.05) is 17.3 Å². The molecule has 0 bridgehead atoms. The molecule has 9 heteroatoms. The smallest absolute Gasteiger partial charge is 0.240 e. The number of hydrogen-bond acceptors (Lipinski definition) is 5. The highest BCUT2D eigenvalue weighted by atomic mass is 32.2. The zero-order valence-corrected chi connectivity index (χ0v) is 14.1. The number of carbonyl (C=O) groups is 1. The number of amides is 1. The maximum atomic E-state index is 12.9. The lowest BCUT2D eigenvalue weighted by molar-refractivity contribution is -0.116. The van der Waals surface area contributed by atoms with Crippen LogP contribution in [0, 0.1) is 12.7 Å². The van der Waals surface area contributed by atoms with Crippen molar-refractivity contribution in [3.8, 4) is 0 Å². The summed E-state index contributed by atoms with van der Waals surface area (Å²) < 4.78 is 42.5. The van der Waals surface area contributed by atoms with Gasteiger partial charge < -0.3 is 9.84 Å². The van der Waals surface area contributed by atoms with Gasteiger partial charge in [0.15, 0.2) is 5.82 Å². The molecule has 0 saturated carbocycles. The molecule has 1 aromatic heterocycles. The number of halogens is 1. The molecule has 0 fully saturated rings. The second-order valence-corrected chi connectivity index (χ2v) is 7.33. The minimum atomic E-state index is -3.57. The number of nitrogens with one attached hydrogen (secondary N) is 1. The van der Waals surface area contributed by atoms with Gasteiger partial charge in [-0.3, -0.25) is 4.79 Å². The van der Waals surface area contributed by atoms with Crippen LogP contribution in [0.2, 0.25) is 0 Å². The van der Waals surface area contributed by atoms with Crippen molar-refractivity contribution in [3.63, 3.8) is 0 Å². The summed E-state index contributed by atoms with van der Waals surface area (Å²) in [7, 11) is -3.57. The standard InChI is InChI=1S/C15H18FN3O4S/c1-11-9-14(18-23-11)17-15(20)10-19(24(2,21)22)8-7-12-3-5-13(16)6-4-12/h3-6,9H,7-8,10H2,1-2H3,(H,17,18,20). The van der Waals surface area contributed by atoms with E-state index in [-0.39, 0.29) is 24.7 Å². The van der Waals surface area contributed by atoms with Crippen molar-refractivity contribution in [3.05, 3.63) is 47.5 Å². The fourth-order valence-corrected chi connectivity index (χ4v) is 2.81. The molecule has 0 unspecified atom stereocenters. The van der Waals surface area contributed by atoms with E-state index in [9.17, 15) is 17.6 Å². The van der Waals surface area contributed by atoms with Crippen LogP contribution in [0.5, 0.6) is 0 Å². The van der Waals surface area contributed by atoms with E-state index in [2.05, 4.69) is 10.5 Å². The van der Waals surface area contributed by atoms with Crippen molar-refractivity contribution in [1.29, 1.82) is 0 Å². The molecular weight excluding hydrogens is 337 g/mol. The summed E-state index contributed by atoms with van der Waals surface area (Å²) in [4.78, 5) is 12.0. The number of sulfonamides is 1. The van der Waals surface area contributed by atoms with Crippen LogP contribution in [-0.2, 0) is 21.2 Å². The Morgan fingerprint density at radius 2 is 2.00 bits per heavy atom. The number of aromatic nitrogens is 1. The lowest BCUT2D eigenvalue weighted by atomic mass is 10.1. The topological polar surface area (TPSA) is 92.5 Å². The van der Waals surface area contributed by atoms with E-state index in [4.69, 9.17) is 4.52 Å². The molecule has 1 aromatic carbocycles. The van der Waals surface area contributed by atoms with Gasteiger partial charge in [0.05, 0.1) is 12.8 Å². The summed E-state index contributed by atoms with van der Waals surface area (Å²) in [5.41, 5.74) is 0.776. The van der Waals surface area contributed by atoms with E-state index in [1.807, 2.05) is 0 Å². The van der Waals surface area contributed by atoms with Crippen LogP contribution in [0.15, 0.2) is 34.9 Å². The van der Waals surface area contributed by atoms with Crippen LogP contribution in [0.25, 0.3) is 0 Å². The molecule has 7 nitrogen and oxygen atoms in total. The van der Waals surface area contributed by atoms with E-state index in [0.717, 1.165) is 16.1 Å². The van der Waals surface area contributed by atoms with Crippen molar-refractivity contribution >= 4 is 21.7 Å². The third-order valence-corrected chi connectivity index (χ3v) is 4.50. The van der Waals surface area contributed by atoms with E-state index >= 15 is 0 Å². The van der Waals surface area contributed by atoms with Crippen LogP contribution in [0.1, 0.15) is 11.3 Å². The van der Waals surface area contributed by atoms with Gasteiger partial charge in [-0.25, -0.2) is 12.8 Å². The van der Waals surface area contributed by atoms with Gasteiger partial charge in [0.1, 0.15) is 11.6 Å². The average Bonchev–Trinajstić information content (AvgIpc) is 2.89. The molecule has 0 radical (unpaired) electrons. The highest BCUT2D eigenvalue weighted by Crippen LogP contribution is 2.09. The predicted molar refractivity (Wildman–Crippen MR) is 86.4 cm³/mol. The molecule has 0 saturated heterocycles. The molecule has 24 heavy (non-hydrogen) atoms. The molecule has 2 rings (SSSR count). The third kappa shape index (κ3) is 5.43. The van der Waals surface area contributed by atoms with Crippen LogP contribution < -0.4 is 5.32 Å². The van der Waals surface area contributed by atoms with Gasteiger partial charge in [0.2, 0.25) is 15.9 Å². The highest BCUT2D eigenvalue weighted by molar-refractivity contribution is 7.88. The largest absolute Gasteiger partial charge is 0.360 e. The van der Waals surface area contributed by atoms with Crippen molar-refractivity contribution in [2.75, 3.05) is 24.7 Å². The number of rotatable bonds is 7. The monoisotopic (exact) mass is 355 g/mol. The number of aryl methyl sites for hydroxylation is 1. The highest BCUT2D eigenvalue weighted by Gasteiger charge is 2.20. The number of benzene rings is 1. The van der Waals surface area contributed by atoms with Crippen LogP contribution >= 0.6 is 0 Å². The van der Waals surface area contributed by atoms with Crippen LogP contribution in [-0.4, -0.2) is 43.1 Å². The van der Waals surface area contributed by atoms with Crippen LogP contribution in [0.4, 0.5) is 10.2 Å². The van der Waals surface area contributed by atoms with Gasteiger partial charge in [0, 0.05) is 12.6 Å². The Hall–Kier alpha value is -2.26. The van der Waals surface area contributed by atoms with E-state index < -0.39 is 15.9 Å². The lowest BCUT2D eigenvalue weighted by Gasteiger charge is -2.19. The second-order valence-electron chi connectivity index (χ2n) is 5.34. The number of hydrogen-bond donors (Lipinski definition) is 1. The summed E-state index contributed by atoms with van der Waals surface area (Å²) in [6.45, 7) is 1.44. The van der Waals surface area contributed by atoms with Crippen molar-refractivity contribution in [2.45, 2.75) is 13.3 Å². The quantitative estimate of drug-likeness (QED) is 0.814. The number of anilines is 1. The summed E-state index contributed by atoms with van der Waals surface area (Å²) in [5, 5.41) is 6.09. The van der Waals surface area contributed by atoms with E-state index in [0.29, 0.717) is 12.2 Å². The predicted octanol–water partition coefficient (Wildman–Crippen LogP) is 1.56. The molecule has 0 aliphatic heterocycles. The Labute approximate surface area is 139 Å². The Balaban J connectivity index is 1.97. The van der Waals surface area contributed by atoms with Crippen LogP contribution in [0.3, 0.4) is 0 Å². The summed E-state index contributed by atoms with van der Waals surface area (Å²) in [5.74, 6) is -0.125. The molecule has 1 N–H and O–H groups in total. The number of carbonyl (C=O) groups excluding carboxylic acids is 1. The van der Waals surface area contributed by atoms with Gasteiger partial charge in [-0.2, -0.15) is 4.31 Å². The minimum absolute atomic E-state index is 0.107. The maximum absolute atomic E-state index is 12.9. The van der Waals surface area contributed by atoms with Gasteiger partial charge in [-0.15, -0.1) is 0 Å². The molecule has 0 spiro atoms. The lowest BCUT2D eigenvalue weighted by Crippen LogP contribution is -2.38. The molecule has 0 aliphatic rings. The first-order valence-electron chi connectivity index (χ1n) is 7.17. The normalized spacial score (nSPS) is 11.7. The molecule has 130 valence electrons. The molecule has 2 aromatic rings. The third-order valence-electron chi connectivity index (χ3n) is 3.25. The molecule has 1 amide bonds. The Kier molecular flexibility index (Phi) is 5.68. The Morgan fingerprint density at radius 1 is 1.33 bits per heavy atom. The fourth-order valence-electron chi connectivity index (χ4n) is 2.03. The number of nitrogens with zero attached hydrogens (tertiary/aromatic N) is 2. The fraction of sp³-hybridized carbons (Fsp3) is 0.333. The molecular formula is C15H18FN3O4S. The minimum Gasteiger partial charge on any atom is -0.360 e. The molecule has 0 atom stereocenters. The molecule has 0 aliphatic carbocycles. The SMILES string of the molecule is Cc1cc(NC(=O)CN(CCc2ccc(F)cc2)S(C)(=O)=O)no1. The van der Waals surface area contributed by atoms with Gasteiger partial charge in [-0.05, 0) is 31.0 Å². The van der Waals surface area contributed by atoms with Gasteiger partial charge >= 0.3 is 0 Å². The van der Waals surface area contributed by atoms with Crippen molar-refractivity contribution < 1.29 is 22.1 Å². The van der Waals surface area contributed by atoms with Crippen molar-refractivity contribution in [1.82, 2.24) is 9.46 Å². The first-order chi connectivity index (χ1) is 11.2. The van der Waals surface area contributed by atoms with E-state index in [1.165, 1.54) is 18.2 Å². The Bertz CT molecular complexity index is 802. The van der Waals surface area contributed by atoms with Crippen molar-refractivity contribution in [2.24, 2.45) is 0 Å². The summed E-state index contributed by atoms with van der Waals surface area (Å²) >= 11 is 0. The first kappa shape index (κ1) is 18.1. The summed E-state index contributed by atoms with van der Waals surface area (Å²) in [6, 6.07) is 7.29. The Morgan fingerprint density at radius 3 is 2.54 bits per heavy atom. The van der Waals surface area contributed by atoms with E-state index in [1.54, 1.807) is 19.1 Å². The maximum Gasteiger partial charge on any atom is 0.240 e. The zero-order chi connectivity index (χ0) is 17.7. The molecule has 1 heterocycles. The average molecular weight is 355 g/mol. The summed E-state index contributed by atoms with van der Waals surface area (Å²) in [6.07, 6.45) is 1.40. The first-order valence-corrected chi connectivity index (χ1v) is 9.01. The zero-order valence-electron chi connectivity index (χ0n) is 13.3. The second kappa shape index (κ2) is 7.54. The van der Waals surface area contributed by atoms with Gasteiger partial charge in [0.25, 0.3) is 0 Å².